The molecular weight excluding hydrogens is 278 g/mol. The van der Waals surface area contributed by atoms with Crippen LogP contribution in [0.5, 0.6) is 0 Å². The van der Waals surface area contributed by atoms with Gasteiger partial charge in [-0.3, -0.25) is 0 Å². The van der Waals surface area contributed by atoms with E-state index in [1.807, 2.05) is 0 Å². The van der Waals surface area contributed by atoms with Gasteiger partial charge in [0.1, 0.15) is 5.76 Å². The third-order valence-electron chi connectivity index (χ3n) is 3.17. The molecule has 1 heterocycles. The maximum absolute atomic E-state index is 12.4. The highest BCUT2D eigenvalue weighted by molar-refractivity contribution is 7.89. The molecule has 0 saturated heterocycles. The number of aryl methyl sites for hydroxylation is 1. The topological polar surface area (TPSA) is 70.8 Å². The summed E-state index contributed by atoms with van der Waals surface area (Å²) in [4.78, 5) is 0.207. The fraction of sp³-hybridized carbons (Fsp3) is 0.286. The van der Waals surface area contributed by atoms with Gasteiger partial charge in [0.15, 0.2) is 0 Å². The molecule has 0 fully saturated rings. The highest BCUT2D eigenvalue weighted by atomic mass is 32.2. The molecular formula is C14H17NO4S. The Hall–Kier alpha value is -1.63. The summed E-state index contributed by atoms with van der Waals surface area (Å²) >= 11 is 0. The molecule has 0 unspecified atom stereocenters. The van der Waals surface area contributed by atoms with Crippen LogP contribution < -0.4 is 0 Å². The lowest BCUT2D eigenvalue weighted by atomic mass is 10.2. The molecule has 0 spiro atoms. The smallest absolute Gasteiger partial charge is 0.243 e. The molecule has 0 radical (unpaired) electrons. The maximum atomic E-state index is 12.4. The third-order valence-corrected chi connectivity index (χ3v) is 4.99. The second kappa shape index (κ2) is 5.78. The molecule has 0 bridgehead atoms. The molecule has 0 saturated carbocycles. The Morgan fingerprint density at radius 1 is 1.20 bits per heavy atom. The van der Waals surface area contributed by atoms with Crippen LogP contribution in [-0.2, 0) is 23.2 Å². The molecule has 0 atom stereocenters. The molecule has 20 heavy (non-hydrogen) atoms. The number of aliphatic hydroxyl groups excluding tert-OH is 1. The van der Waals surface area contributed by atoms with Gasteiger partial charge in [-0.25, -0.2) is 8.42 Å². The molecule has 1 aromatic carbocycles. The quantitative estimate of drug-likeness (QED) is 0.914. The molecule has 6 heteroatoms. The summed E-state index contributed by atoms with van der Waals surface area (Å²) in [6.45, 7) is 1.95. The van der Waals surface area contributed by atoms with Gasteiger partial charge < -0.3 is 9.52 Å². The largest absolute Gasteiger partial charge is 0.469 e. The average Bonchev–Trinajstić information content (AvgIpc) is 2.84. The molecule has 0 amide bonds. The van der Waals surface area contributed by atoms with Gasteiger partial charge in [-0.2, -0.15) is 4.31 Å². The molecule has 2 aromatic rings. The molecule has 0 aliphatic carbocycles. The molecule has 1 aromatic heterocycles. The van der Waals surface area contributed by atoms with E-state index in [0.29, 0.717) is 11.3 Å². The first-order valence-electron chi connectivity index (χ1n) is 6.14. The van der Waals surface area contributed by atoms with Crippen molar-refractivity contribution in [2.45, 2.75) is 25.0 Å². The first-order chi connectivity index (χ1) is 9.45. The predicted octanol–water partition coefficient (Wildman–Crippen LogP) is 1.90. The van der Waals surface area contributed by atoms with Crippen molar-refractivity contribution in [3.05, 3.63) is 53.5 Å². The predicted molar refractivity (Wildman–Crippen MR) is 74.5 cm³/mol. The molecule has 0 aliphatic heterocycles. The lowest BCUT2D eigenvalue weighted by Crippen LogP contribution is -2.26. The van der Waals surface area contributed by atoms with Crippen LogP contribution in [0.25, 0.3) is 0 Å². The van der Waals surface area contributed by atoms with Gasteiger partial charge >= 0.3 is 0 Å². The zero-order valence-corrected chi connectivity index (χ0v) is 12.2. The highest BCUT2D eigenvalue weighted by Crippen LogP contribution is 2.19. The van der Waals surface area contributed by atoms with Crippen LogP contribution in [0.4, 0.5) is 0 Å². The van der Waals surface area contributed by atoms with Crippen molar-refractivity contribution in [3.63, 3.8) is 0 Å². The lowest BCUT2D eigenvalue weighted by Gasteiger charge is -2.17. The minimum atomic E-state index is -3.55. The monoisotopic (exact) mass is 295 g/mol. The van der Waals surface area contributed by atoms with Crippen LogP contribution in [0.3, 0.4) is 0 Å². The Morgan fingerprint density at radius 3 is 2.35 bits per heavy atom. The van der Waals surface area contributed by atoms with Crippen molar-refractivity contribution in [2.75, 3.05) is 7.05 Å². The van der Waals surface area contributed by atoms with E-state index >= 15 is 0 Å². The van der Waals surface area contributed by atoms with E-state index in [1.54, 1.807) is 31.4 Å². The third kappa shape index (κ3) is 2.92. The van der Waals surface area contributed by atoms with E-state index < -0.39 is 10.0 Å². The number of benzene rings is 1. The number of hydrogen-bond donors (Lipinski definition) is 1. The number of sulfonamides is 1. The second-order valence-electron chi connectivity index (χ2n) is 4.57. The normalized spacial score (nSPS) is 12.0. The molecule has 5 nitrogen and oxygen atoms in total. The number of rotatable bonds is 5. The Kier molecular flexibility index (Phi) is 4.27. The number of aliphatic hydroxyl groups is 1. The van der Waals surface area contributed by atoms with Gasteiger partial charge in [-0.1, -0.05) is 12.1 Å². The molecule has 108 valence electrons. The van der Waals surface area contributed by atoms with Gasteiger partial charge in [-0.15, -0.1) is 0 Å². The first-order valence-corrected chi connectivity index (χ1v) is 7.58. The standard InChI is InChI=1S/C14H17NO4S/c1-11-13(7-8-19-11)9-15(2)20(17,18)14-5-3-12(10-16)4-6-14/h3-8,16H,9-10H2,1-2H3. The molecule has 1 N–H and O–H groups in total. The Bertz CT molecular complexity index is 673. The van der Waals surface area contributed by atoms with Crippen LogP contribution in [0, 0.1) is 6.92 Å². The van der Waals surface area contributed by atoms with Gasteiger partial charge in [0.25, 0.3) is 0 Å². The first kappa shape index (κ1) is 14.8. The average molecular weight is 295 g/mol. The Labute approximate surface area is 118 Å². The van der Waals surface area contributed by atoms with Gasteiger partial charge in [-0.05, 0) is 30.7 Å². The van der Waals surface area contributed by atoms with Crippen LogP contribution in [0.2, 0.25) is 0 Å². The highest BCUT2D eigenvalue weighted by Gasteiger charge is 2.21. The molecule has 2 rings (SSSR count). The fourth-order valence-corrected chi connectivity index (χ4v) is 3.00. The summed E-state index contributed by atoms with van der Waals surface area (Å²) < 4.78 is 31.2. The Balaban J connectivity index is 2.22. The summed E-state index contributed by atoms with van der Waals surface area (Å²) in [5.74, 6) is 0.711. The zero-order chi connectivity index (χ0) is 14.8. The van der Waals surface area contributed by atoms with E-state index in [4.69, 9.17) is 9.52 Å². The molecule has 0 aliphatic rings. The lowest BCUT2D eigenvalue weighted by molar-refractivity contribution is 0.281. The number of hydrogen-bond acceptors (Lipinski definition) is 4. The van der Waals surface area contributed by atoms with Crippen molar-refractivity contribution < 1.29 is 17.9 Å². The van der Waals surface area contributed by atoms with Crippen molar-refractivity contribution in [1.29, 1.82) is 0 Å². The van der Waals surface area contributed by atoms with Crippen molar-refractivity contribution in [1.82, 2.24) is 4.31 Å². The van der Waals surface area contributed by atoms with Crippen molar-refractivity contribution >= 4 is 10.0 Å². The summed E-state index contributed by atoms with van der Waals surface area (Å²) in [7, 11) is -2.02. The van der Waals surface area contributed by atoms with E-state index in [0.717, 1.165) is 5.56 Å². The minimum Gasteiger partial charge on any atom is -0.469 e. The summed E-state index contributed by atoms with van der Waals surface area (Å²) in [6, 6.07) is 7.96. The van der Waals surface area contributed by atoms with E-state index in [2.05, 4.69) is 0 Å². The van der Waals surface area contributed by atoms with Gasteiger partial charge in [0, 0.05) is 19.2 Å². The van der Waals surface area contributed by atoms with Crippen molar-refractivity contribution in [2.24, 2.45) is 0 Å². The van der Waals surface area contributed by atoms with Crippen LogP contribution >= 0.6 is 0 Å². The van der Waals surface area contributed by atoms with E-state index in [1.165, 1.54) is 23.5 Å². The summed E-state index contributed by atoms with van der Waals surface area (Å²) in [6.07, 6.45) is 1.54. The Morgan fingerprint density at radius 2 is 1.85 bits per heavy atom. The maximum Gasteiger partial charge on any atom is 0.243 e. The zero-order valence-electron chi connectivity index (χ0n) is 11.4. The van der Waals surface area contributed by atoms with Crippen molar-refractivity contribution in [3.8, 4) is 0 Å². The minimum absolute atomic E-state index is 0.107. The van der Waals surface area contributed by atoms with Gasteiger partial charge in [0.2, 0.25) is 10.0 Å². The van der Waals surface area contributed by atoms with E-state index in [9.17, 15) is 8.42 Å². The van der Waals surface area contributed by atoms with Gasteiger partial charge in [0.05, 0.1) is 17.8 Å². The second-order valence-corrected chi connectivity index (χ2v) is 6.61. The fourth-order valence-electron chi connectivity index (χ4n) is 1.85. The number of nitrogens with zero attached hydrogens (tertiary/aromatic N) is 1. The summed E-state index contributed by atoms with van der Waals surface area (Å²) in [5, 5.41) is 8.97. The van der Waals surface area contributed by atoms with Crippen LogP contribution in [-0.4, -0.2) is 24.9 Å². The summed E-state index contributed by atoms with van der Waals surface area (Å²) in [5.41, 5.74) is 1.51. The van der Waals surface area contributed by atoms with Crippen LogP contribution in [0.1, 0.15) is 16.9 Å². The van der Waals surface area contributed by atoms with E-state index in [-0.39, 0.29) is 18.0 Å². The SMILES string of the molecule is Cc1occc1CN(C)S(=O)(=O)c1ccc(CO)cc1. The van der Waals surface area contributed by atoms with Crippen LogP contribution in [0.15, 0.2) is 45.9 Å². The number of furan rings is 1.